The summed E-state index contributed by atoms with van der Waals surface area (Å²) in [6, 6.07) is 0. The fourth-order valence-electron chi connectivity index (χ4n) is 2.12. The van der Waals surface area contributed by atoms with Gasteiger partial charge in [0.05, 0.1) is 6.61 Å². The number of rotatable bonds is 13. The predicted octanol–water partition coefficient (Wildman–Crippen LogP) is 5.69. The lowest BCUT2D eigenvalue weighted by Crippen LogP contribution is -2.23. The fourth-order valence-corrected chi connectivity index (χ4v) is 3.44. The third-order valence-electron chi connectivity index (χ3n) is 3.31. The number of alkyl halides is 2. The summed E-state index contributed by atoms with van der Waals surface area (Å²) in [7, 11) is 0. The number of esters is 1. The van der Waals surface area contributed by atoms with E-state index in [0.717, 1.165) is 19.3 Å². The quantitative estimate of drug-likeness (QED) is 0.318. The first kappa shape index (κ1) is 21.7. The maximum Gasteiger partial charge on any atom is 0.319 e. The van der Waals surface area contributed by atoms with Crippen LogP contribution in [0.3, 0.4) is 0 Å². The monoisotopic (exact) mass is 338 g/mol. The van der Waals surface area contributed by atoms with E-state index in [1.165, 1.54) is 11.8 Å². The van der Waals surface area contributed by atoms with Crippen LogP contribution in [0.1, 0.15) is 72.6 Å². The smallest absolute Gasteiger partial charge is 0.319 e. The maximum absolute atomic E-state index is 13.4. The van der Waals surface area contributed by atoms with Gasteiger partial charge in [0.25, 0.3) is 0 Å². The van der Waals surface area contributed by atoms with E-state index in [9.17, 15) is 13.6 Å². The Morgan fingerprint density at radius 3 is 2.36 bits per heavy atom. The van der Waals surface area contributed by atoms with Crippen molar-refractivity contribution in [1.82, 2.24) is 0 Å². The number of carbonyl (C=O) groups excluding carboxylic acids is 1. The highest BCUT2D eigenvalue weighted by Crippen LogP contribution is 2.28. The molecule has 0 N–H and O–H groups in total. The first-order chi connectivity index (χ1) is 10.3. The van der Waals surface area contributed by atoms with Crippen LogP contribution < -0.4 is 0 Å². The molecule has 5 heteroatoms. The van der Waals surface area contributed by atoms with E-state index in [1.807, 2.05) is 6.92 Å². The summed E-state index contributed by atoms with van der Waals surface area (Å²) in [4.78, 5) is 12.1. The number of hydrogen-bond donors (Lipinski definition) is 0. The molecule has 2 nitrogen and oxygen atoms in total. The molecule has 0 saturated carbocycles. The van der Waals surface area contributed by atoms with E-state index < -0.39 is 5.92 Å². The van der Waals surface area contributed by atoms with E-state index in [4.69, 9.17) is 4.74 Å². The number of ether oxygens (including phenoxy) is 1. The standard InChI is InChI=1S/C17H32F2O2S/c1-5-7-11-21-16(20)15(13-14(3)4)22-12-8-10-17(18,19)9-6-2/h14-15H,5-13H2,1-4H3. The number of thioether (sulfide) groups is 1. The van der Waals surface area contributed by atoms with Crippen molar-refractivity contribution in [1.29, 1.82) is 0 Å². The average molecular weight is 339 g/mol. The summed E-state index contributed by atoms with van der Waals surface area (Å²) >= 11 is 1.47. The Kier molecular flexibility index (Phi) is 12.0. The number of hydrogen-bond acceptors (Lipinski definition) is 3. The largest absolute Gasteiger partial charge is 0.465 e. The lowest BCUT2D eigenvalue weighted by molar-refractivity contribution is -0.143. The Balaban J connectivity index is 4.16. The Morgan fingerprint density at radius 2 is 1.82 bits per heavy atom. The second-order valence-electron chi connectivity index (χ2n) is 6.22. The van der Waals surface area contributed by atoms with E-state index in [-0.39, 0.29) is 24.1 Å². The average Bonchev–Trinajstić information content (AvgIpc) is 2.41. The lowest BCUT2D eigenvalue weighted by atomic mass is 10.1. The molecule has 0 amide bonds. The van der Waals surface area contributed by atoms with Crippen molar-refractivity contribution in [2.75, 3.05) is 12.4 Å². The minimum Gasteiger partial charge on any atom is -0.465 e. The van der Waals surface area contributed by atoms with Crippen molar-refractivity contribution >= 4 is 17.7 Å². The second-order valence-corrected chi connectivity index (χ2v) is 7.53. The predicted molar refractivity (Wildman–Crippen MR) is 90.7 cm³/mol. The van der Waals surface area contributed by atoms with Gasteiger partial charge in [-0.1, -0.05) is 40.5 Å². The normalized spacial score (nSPS) is 13.4. The van der Waals surface area contributed by atoms with E-state index in [1.54, 1.807) is 6.92 Å². The SMILES string of the molecule is CCCCOC(=O)C(CC(C)C)SCCCC(F)(F)CCC. The van der Waals surface area contributed by atoms with Crippen LogP contribution in [-0.4, -0.2) is 29.5 Å². The number of unbranched alkanes of at least 4 members (excludes halogenated alkanes) is 1. The van der Waals surface area contributed by atoms with Crippen molar-refractivity contribution in [3.05, 3.63) is 0 Å². The maximum atomic E-state index is 13.4. The van der Waals surface area contributed by atoms with Crippen molar-refractivity contribution in [2.45, 2.75) is 83.8 Å². The molecule has 0 saturated heterocycles. The van der Waals surface area contributed by atoms with Gasteiger partial charge < -0.3 is 4.74 Å². The molecule has 0 fully saturated rings. The summed E-state index contributed by atoms with van der Waals surface area (Å²) in [6.45, 7) is 8.39. The molecule has 0 spiro atoms. The highest BCUT2D eigenvalue weighted by Gasteiger charge is 2.27. The van der Waals surface area contributed by atoms with E-state index in [0.29, 0.717) is 31.1 Å². The molecule has 0 bridgehead atoms. The number of halogens is 2. The molecule has 0 aromatic carbocycles. The topological polar surface area (TPSA) is 26.3 Å². The minimum absolute atomic E-state index is 0.0495. The molecule has 0 heterocycles. The Labute approximate surface area is 138 Å². The zero-order valence-corrected chi connectivity index (χ0v) is 15.3. The molecule has 1 atom stereocenters. The zero-order chi connectivity index (χ0) is 17.0. The van der Waals surface area contributed by atoms with Crippen LogP contribution in [0.5, 0.6) is 0 Å². The highest BCUT2D eigenvalue weighted by atomic mass is 32.2. The molecule has 132 valence electrons. The summed E-state index contributed by atoms with van der Waals surface area (Å²) in [5.41, 5.74) is 0. The lowest BCUT2D eigenvalue weighted by Gasteiger charge is -2.19. The van der Waals surface area contributed by atoms with Crippen molar-refractivity contribution in [2.24, 2.45) is 5.92 Å². The summed E-state index contributed by atoms with van der Waals surface area (Å²) in [6.07, 6.45) is 3.39. The molecule has 1 unspecified atom stereocenters. The van der Waals surface area contributed by atoms with Crippen molar-refractivity contribution in [3.8, 4) is 0 Å². The Morgan fingerprint density at radius 1 is 1.14 bits per heavy atom. The van der Waals surface area contributed by atoms with Crippen molar-refractivity contribution < 1.29 is 18.3 Å². The van der Waals surface area contributed by atoms with Gasteiger partial charge in [-0.15, -0.1) is 11.8 Å². The van der Waals surface area contributed by atoms with Crippen LogP contribution in [-0.2, 0) is 9.53 Å². The zero-order valence-electron chi connectivity index (χ0n) is 14.5. The fraction of sp³-hybridized carbons (Fsp3) is 0.941. The van der Waals surface area contributed by atoms with Crippen LogP contribution in [0.2, 0.25) is 0 Å². The van der Waals surface area contributed by atoms with Crippen LogP contribution >= 0.6 is 11.8 Å². The molecule has 0 aromatic heterocycles. The molecule has 0 aliphatic rings. The van der Waals surface area contributed by atoms with Crippen LogP contribution in [0.4, 0.5) is 8.78 Å². The van der Waals surface area contributed by atoms with Crippen LogP contribution in [0.25, 0.3) is 0 Å². The van der Waals surface area contributed by atoms with Crippen LogP contribution in [0.15, 0.2) is 0 Å². The first-order valence-corrected chi connectivity index (χ1v) is 9.53. The molecule has 0 aromatic rings. The van der Waals surface area contributed by atoms with Gasteiger partial charge >= 0.3 is 5.97 Å². The summed E-state index contributed by atoms with van der Waals surface area (Å²) < 4.78 is 32.1. The second kappa shape index (κ2) is 12.1. The van der Waals surface area contributed by atoms with E-state index >= 15 is 0 Å². The van der Waals surface area contributed by atoms with Gasteiger partial charge in [0.1, 0.15) is 5.25 Å². The van der Waals surface area contributed by atoms with E-state index in [2.05, 4.69) is 13.8 Å². The molecular weight excluding hydrogens is 306 g/mol. The number of carbonyl (C=O) groups is 1. The van der Waals surface area contributed by atoms with Gasteiger partial charge in [0.15, 0.2) is 0 Å². The third-order valence-corrected chi connectivity index (χ3v) is 4.62. The van der Waals surface area contributed by atoms with Gasteiger partial charge in [-0.05, 0) is 30.9 Å². The van der Waals surface area contributed by atoms with Gasteiger partial charge in [-0.3, -0.25) is 4.79 Å². The Bertz CT molecular complexity index is 296. The van der Waals surface area contributed by atoms with Crippen LogP contribution in [0, 0.1) is 5.92 Å². The van der Waals surface area contributed by atoms with Gasteiger partial charge in [-0.2, -0.15) is 0 Å². The molecule has 0 aliphatic heterocycles. The van der Waals surface area contributed by atoms with Gasteiger partial charge in [-0.25, -0.2) is 8.78 Å². The third kappa shape index (κ3) is 11.3. The molecule has 0 rings (SSSR count). The first-order valence-electron chi connectivity index (χ1n) is 8.48. The highest BCUT2D eigenvalue weighted by molar-refractivity contribution is 8.00. The Hall–Kier alpha value is -0.320. The minimum atomic E-state index is -2.56. The van der Waals surface area contributed by atoms with Gasteiger partial charge in [0.2, 0.25) is 5.92 Å². The molecule has 0 aliphatic carbocycles. The summed E-state index contributed by atoms with van der Waals surface area (Å²) in [5.74, 6) is -1.78. The molecule has 0 radical (unpaired) electrons. The summed E-state index contributed by atoms with van der Waals surface area (Å²) in [5, 5.41) is -0.225. The van der Waals surface area contributed by atoms with Crippen molar-refractivity contribution in [3.63, 3.8) is 0 Å². The van der Waals surface area contributed by atoms with Gasteiger partial charge in [0, 0.05) is 12.8 Å². The molecular formula is C17H32F2O2S. The molecule has 22 heavy (non-hydrogen) atoms.